The molecule has 1 N–H and O–H groups in total. The first-order chi connectivity index (χ1) is 16.4. The molecular formula is C20H16F2N10OS. The van der Waals surface area contributed by atoms with E-state index in [1.54, 1.807) is 42.3 Å². The summed E-state index contributed by atoms with van der Waals surface area (Å²) in [5, 5.41) is 13.9. The lowest BCUT2D eigenvalue weighted by atomic mass is 10.2. The number of thiazole rings is 1. The number of amides is 1. The van der Waals surface area contributed by atoms with Gasteiger partial charge in [0.1, 0.15) is 22.2 Å². The number of alkyl halides is 2. The maximum absolute atomic E-state index is 13.5. The smallest absolute Gasteiger partial charge is 0.299 e. The number of aryl methyl sites for hydroxylation is 2. The number of fused-ring (bicyclic) bond motifs is 1. The molecule has 5 rings (SSSR count). The third kappa shape index (κ3) is 3.98. The molecule has 1 amide bonds. The average Bonchev–Trinajstić information content (AvgIpc) is 3.57. The molecule has 0 unspecified atom stereocenters. The first-order valence-corrected chi connectivity index (χ1v) is 10.8. The number of aromatic nitrogens is 9. The molecule has 0 aromatic carbocycles. The molecule has 0 fully saturated rings. The Morgan fingerprint density at radius 2 is 1.91 bits per heavy atom. The van der Waals surface area contributed by atoms with Gasteiger partial charge in [0.2, 0.25) is 5.82 Å². The lowest BCUT2D eigenvalue weighted by Gasteiger charge is -2.11. The van der Waals surface area contributed by atoms with Crippen LogP contribution in [0.5, 0.6) is 0 Å². The number of hydrogen-bond acceptors (Lipinski definition) is 9. The van der Waals surface area contributed by atoms with Gasteiger partial charge < -0.3 is 5.32 Å². The van der Waals surface area contributed by atoms with Gasteiger partial charge in [-0.3, -0.25) is 9.20 Å². The Labute approximate surface area is 194 Å². The third-order valence-corrected chi connectivity index (χ3v) is 5.83. The van der Waals surface area contributed by atoms with E-state index in [-0.39, 0.29) is 17.8 Å². The van der Waals surface area contributed by atoms with Crippen molar-refractivity contribution in [2.45, 2.75) is 26.8 Å². The molecule has 172 valence electrons. The van der Waals surface area contributed by atoms with Crippen LogP contribution in [-0.4, -0.2) is 50.5 Å². The zero-order valence-corrected chi connectivity index (χ0v) is 18.7. The molecular weight excluding hydrogens is 466 g/mol. The van der Waals surface area contributed by atoms with Crippen molar-refractivity contribution in [3.63, 3.8) is 0 Å². The Hall–Kier alpha value is -4.20. The largest absolute Gasteiger partial charge is 0.348 e. The highest BCUT2D eigenvalue weighted by Crippen LogP contribution is 2.29. The summed E-state index contributed by atoms with van der Waals surface area (Å²) in [5.41, 5.74) is 1.93. The molecule has 0 spiro atoms. The van der Waals surface area contributed by atoms with Crippen LogP contribution in [0.4, 0.5) is 8.78 Å². The van der Waals surface area contributed by atoms with Gasteiger partial charge in [-0.25, -0.2) is 28.7 Å². The maximum Gasteiger partial charge on any atom is 0.299 e. The quantitative estimate of drug-likeness (QED) is 0.391. The van der Waals surface area contributed by atoms with E-state index in [0.717, 1.165) is 9.56 Å². The van der Waals surface area contributed by atoms with Crippen LogP contribution in [0.15, 0.2) is 37.1 Å². The van der Waals surface area contributed by atoms with Gasteiger partial charge in [0.05, 0.1) is 11.8 Å². The fourth-order valence-corrected chi connectivity index (χ4v) is 4.05. The monoisotopic (exact) mass is 482 g/mol. The van der Waals surface area contributed by atoms with Gasteiger partial charge in [0.25, 0.3) is 12.3 Å². The molecule has 11 nitrogen and oxygen atoms in total. The minimum absolute atomic E-state index is 0.131. The van der Waals surface area contributed by atoms with E-state index in [4.69, 9.17) is 0 Å². The Bertz CT molecular complexity index is 1490. The van der Waals surface area contributed by atoms with E-state index in [2.05, 4.69) is 40.8 Å². The number of nitrogens with one attached hydrogen (secondary N) is 1. The molecule has 5 heterocycles. The number of tetrazole rings is 1. The minimum Gasteiger partial charge on any atom is -0.348 e. The van der Waals surface area contributed by atoms with Crippen molar-refractivity contribution in [3.8, 4) is 16.4 Å². The normalized spacial score (nSPS) is 11.4. The summed E-state index contributed by atoms with van der Waals surface area (Å²) in [6.45, 7) is 3.86. The third-order valence-electron chi connectivity index (χ3n) is 4.89. The molecule has 34 heavy (non-hydrogen) atoms. The molecule has 5 aromatic heterocycles. The Morgan fingerprint density at radius 3 is 2.62 bits per heavy atom. The SMILES string of the molecule is Cc1ncc(CNC(=O)c2cc(-n3nnnc3C(F)F)c3ncc(-c4ncc(C)s4)n3c2)cn1. The average molecular weight is 482 g/mol. The Balaban J connectivity index is 1.60. The van der Waals surface area contributed by atoms with Gasteiger partial charge in [-0.05, 0) is 30.3 Å². The van der Waals surface area contributed by atoms with E-state index >= 15 is 0 Å². The van der Waals surface area contributed by atoms with Crippen LogP contribution in [0, 0.1) is 13.8 Å². The van der Waals surface area contributed by atoms with Crippen LogP contribution in [-0.2, 0) is 6.54 Å². The minimum atomic E-state index is -2.93. The van der Waals surface area contributed by atoms with E-state index in [1.807, 2.05) is 6.92 Å². The van der Waals surface area contributed by atoms with E-state index < -0.39 is 18.2 Å². The van der Waals surface area contributed by atoms with Crippen molar-refractivity contribution in [1.82, 2.24) is 49.9 Å². The molecule has 14 heteroatoms. The number of nitrogens with zero attached hydrogens (tertiary/aromatic N) is 9. The molecule has 5 aromatic rings. The maximum atomic E-state index is 13.5. The Morgan fingerprint density at radius 1 is 1.12 bits per heavy atom. The number of carbonyl (C=O) groups excluding carboxylic acids is 1. The molecule has 0 atom stereocenters. The molecule has 0 aliphatic heterocycles. The molecule has 0 saturated carbocycles. The summed E-state index contributed by atoms with van der Waals surface area (Å²) >= 11 is 1.44. The number of halogens is 2. The summed E-state index contributed by atoms with van der Waals surface area (Å²) in [7, 11) is 0. The van der Waals surface area contributed by atoms with E-state index in [1.165, 1.54) is 17.4 Å². The van der Waals surface area contributed by atoms with Crippen LogP contribution in [0.3, 0.4) is 0 Å². The molecule has 0 saturated heterocycles. The van der Waals surface area contributed by atoms with Crippen molar-refractivity contribution < 1.29 is 13.6 Å². The summed E-state index contributed by atoms with van der Waals surface area (Å²) in [4.78, 5) is 31.0. The van der Waals surface area contributed by atoms with Crippen LogP contribution in [0.2, 0.25) is 0 Å². The molecule has 0 aliphatic rings. The second kappa shape index (κ2) is 8.62. The zero-order chi connectivity index (χ0) is 23.8. The highest BCUT2D eigenvalue weighted by atomic mass is 32.1. The van der Waals surface area contributed by atoms with Crippen molar-refractivity contribution >= 4 is 22.9 Å². The molecule has 0 bridgehead atoms. The highest BCUT2D eigenvalue weighted by Gasteiger charge is 2.23. The van der Waals surface area contributed by atoms with Crippen LogP contribution in [0.1, 0.15) is 38.9 Å². The zero-order valence-electron chi connectivity index (χ0n) is 17.8. The van der Waals surface area contributed by atoms with Crippen LogP contribution in [0.25, 0.3) is 22.0 Å². The van der Waals surface area contributed by atoms with Crippen molar-refractivity contribution in [2.75, 3.05) is 0 Å². The van der Waals surface area contributed by atoms with Gasteiger partial charge >= 0.3 is 0 Å². The number of carbonyl (C=O) groups is 1. The van der Waals surface area contributed by atoms with Gasteiger partial charge in [0, 0.05) is 41.8 Å². The van der Waals surface area contributed by atoms with Crippen LogP contribution < -0.4 is 5.32 Å². The lowest BCUT2D eigenvalue weighted by molar-refractivity contribution is 0.0950. The standard InChI is InChI=1S/C20H16F2N10OS/c1-10-4-27-20(34-10)15-8-25-17-14(32-18(16(21)22)28-29-30-32)3-13(9-31(15)17)19(33)26-7-12-5-23-11(2)24-6-12/h3-6,8-9,16H,7H2,1-2H3,(H,26,33). The van der Waals surface area contributed by atoms with E-state index in [9.17, 15) is 13.6 Å². The number of imidazole rings is 1. The topological polar surface area (TPSA) is 129 Å². The summed E-state index contributed by atoms with van der Waals surface area (Å²) < 4.78 is 29.6. The lowest BCUT2D eigenvalue weighted by Crippen LogP contribution is -2.24. The summed E-state index contributed by atoms with van der Waals surface area (Å²) in [6.07, 6.45) is 5.17. The predicted molar refractivity (Wildman–Crippen MR) is 117 cm³/mol. The number of hydrogen-bond donors (Lipinski definition) is 1. The highest BCUT2D eigenvalue weighted by molar-refractivity contribution is 7.14. The second-order valence-corrected chi connectivity index (χ2v) is 8.53. The number of rotatable bonds is 6. The van der Waals surface area contributed by atoms with Crippen molar-refractivity contribution in [1.29, 1.82) is 0 Å². The molecule has 0 radical (unpaired) electrons. The van der Waals surface area contributed by atoms with Crippen molar-refractivity contribution in [2.24, 2.45) is 0 Å². The van der Waals surface area contributed by atoms with Gasteiger partial charge in [-0.15, -0.1) is 16.4 Å². The van der Waals surface area contributed by atoms with Crippen molar-refractivity contribution in [3.05, 3.63) is 64.7 Å². The van der Waals surface area contributed by atoms with Gasteiger partial charge in [0.15, 0.2) is 5.65 Å². The first kappa shape index (κ1) is 21.6. The number of pyridine rings is 1. The fourth-order valence-electron chi connectivity index (χ4n) is 3.28. The van der Waals surface area contributed by atoms with Gasteiger partial charge in [-0.1, -0.05) is 0 Å². The van der Waals surface area contributed by atoms with Gasteiger partial charge in [-0.2, -0.15) is 4.68 Å². The summed E-state index contributed by atoms with van der Waals surface area (Å²) in [6, 6.07) is 1.42. The molecule has 0 aliphatic carbocycles. The fraction of sp³-hybridized carbons (Fsp3) is 0.200. The van der Waals surface area contributed by atoms with E-state index in [0.29, 0.717) is 27.7 Å². The first-order valence-electron chi connectivity index (χ1n) is 9.97. The Kier molecular flexibility index (Phi) is 5.49. The predicted octanol–water partition coefficient (Wildman–Crippen LogP) is 2.71. The summed E-state index contributed by atoms with van der Waals surface area (Å²) in [5.74, 6) is -0.484. The van der Waals surface area contributed by atoms with Crippen LogP contribution >= 0.6 is 11.3 Å². The second-order valence-electron chi connectivity index (χ2n) is 7.30.